The standard InChI is InChI=1S/C26H30N2O6/c1-8-19(28-20(30)12-14(4)18-11-13(3)10-15(5)23(18)28)24(31)27-25-22(26(32)33-9-2)21(16(6)29)17(7)34-25/h10-12,19H,8-9H2,1-7H3,(H,27,31). The number of ketones is 1. The van der Waals surface area contributed by atoms with Gasteiger partial charge in [0.1, 0.15) is 17.4 Å². The second-order valence-electron chi connectivity index (χ2n) is 8.44. The van der Waals surface area contributed by atoms with E-state index in [1.807, 2.05) is 32.9 Å². The third-order valence-electron chi connectivity index (χ3n) is 5.84. The Bertz CT molecular complexity index is 1360. The molecule has 0 aliphatic rings. The molecule has 0 aliphatic carbocycles. The van der Waals surface area contributed by atoms with Crippen LogP contribution in [0.15, 0.2) is 27.4 Å². The molecule has 1 amide bonds. The van der Waals surface area contributed by atoms with Gasteiger partial charge in [-0.3, -0.25) is 24.3 Å². The highest BCUT2D eigenvalue weighted by atomic mass is 16.5. The van der Waals surface area contributed by atoms with Crippen LogP contribution in [0.3, 0.4) is 0 Å². The number of rotatable bonds is 7. The van der Waals surface area contributed by atoms with Gasteiger partial charge in [-0.25, -0.2) is 4.79 Å². The number of aryl methyl sites for hydroxylation is 4. The molecule has 3 aromatic rings. The molecule has 34 heavy (non-hydrogen) atoms. The maximum atomic E-state index is 13.5. The predicted octanol–water partition coefficient (Wildman–Crippen LogP) is 4.80. The van der Waals surface area contributed by atoms with Gasteiger partial charge in [0.05, 0.1) is 17.7 Å². The number of pyridine rings is 1. The number of amides is 1. The zero-order chi connectivity index (χ0) is 25.3. The van der Waals surface area contributed by atoms with Crippen molar-refractivity contribution in [1.82, 2.24) is 4.57 Å². The fourth-order valence-electron chi connectivity index (χ4n) is 4.47. The van der Waals surface area contributed by atoms with Crippen LogP contribution in [0.1, 0.15) is 76.4 Å². The summed E-state index contributed by atoms with van der Waals surface area (Å²) in [6.07, 6.45) is 0.311. The zero-order valence-electron chi connectivity index (χ0n) is 20.6. The molecule has 0 aliphatic heterocycles. The Kier molecular flexibility index (Phi) is 7.09. The third kappa shape index (κ3) is 4.40. The molecule has 0 saturated heterocycles. The molecule has 0 radical (unpaired) electrons. The van der Waals surface area contributed by atoms with E-state index in [0.717, 1.165) is 22.1 Å². The second-order valence-corrected chi connectivity index (χ2v) is 8.44. The number of esters is 1. The number of ether oxygens (including phenoxy) is 1. The number of carbonyl (C=O) groups is 3. The van der Waals surface area contributed by atoms with E-state index in [9.17, 15) is 19.2 Å². The van der Waals surface area contributed by atoms with E-state index in [1.165, 1.54) is 24.5 Å². The van der Waals surface area contributed by atoms with E-state index < -0.39 is 17.9 Å². The number of nitrogens with one attached hydrogen (secondary N) is 1. The molecule has 2 aromatic heterocycles. The topological polar surface area (TPSA) is 108 Å². The van der Waals surface area contributed by atoms with Gasteiger partial charge in [0.15, 0.2) is 5.78 Å². The predicted molar refractivity (Wildman–Crippen MR) is 130 cm³/mol. The van der Waals surface area contributed by atoms with Crippen LogP contribution in [-0.4, -0.2) is 28.8 Å². The molecule has 8 heteroatoms. The lowest BCUT2D eigenvalue weighted by Crippen LogP contribution is -2.34. The quantitative estimate of drug-likeness (QED) is 0.396. The first-order valence-electron chi connectivity index (χ1n) is 11.3. The van der Waals surface area contributed by atoms with Gasteiger partial charge in [0.2, 0.25) is 11.8 Å². The summed E-state index contributed by atoms with van der Waals surface area (Å²) in [6.45, 7) is 12.1. The summed E-state index contributed by atoms with van der Waals surface area (Å²) in [4.78, 5) is 51.3. The molecule has 0 bridgehead atoms. The number of furan rings is 1. The van der Waals surface area contributed by atoms with Gasteiger partial charge in [0, 0.05) is 11.5 Å². The van der Waals surface area contributed by atoms with Crippen LogP contribution in [0.2, 0.25) is 0 Å². The van der Waals surface area contributed by atoms with Crippen LogP contribution in [0.5, 0.6) is 0 Å². The maximum Gasteiger partial charge on any atom is 0.344 e. The highest BCUT2D eigenvalue weighted by molar-refractivity contribution is 6.11. The van der Waals surface area contributed by atoms with Gasteiger partial charge < -0.3 is 9.15 Å². The van der Waals surface area contributed by atoms with Gasteiger partial charge in [-0.05, 0) is 65.2 Å². The van der Waals surface area contributed by atoms with Crippen molar-refractivity contribution in [1.29, 1.82) is 0 Å². The van der Waals surface area contributed by atoms with Gasteiger partial charge in [-0.2, -0.15) is 0 Å². The number of hydrogen-bond donors (Lipinski definition) is 1. The van der Waals surface area contributed by atoms with Crippen molar-refractivity contribution in [3.05, 3.63) is 62.1 Å². The first-order valence-corrected chi connectivity index (χ1v) is 11.3. The van der Waals surface area contributed by atoms with Gasteiger partial charge in [-0.15, -0.1) is 0 Å². The van der Waals surface area contributed by atoms with Crippen molar-refractivity contribution in [3.8, 4) is 0 Å². The molecule has 180 valence electrons. The van der Waals surface area contributed by atoms with Crippen molar-refractivity contribution in [2.24, 2.45) is 0 Å². The zero-order valence-corrected chi connectivity index (χ0v) is 20.6. The minimum Gasteiger partial charge on any atom is -0.462 e. The maximum absolute atomic E-state index is 13.5. The second kappa shape index (κ2) is 9.67. The Labute approximate surface area is 197 Å². The van der Waals surface area contributed by atoms with E-state index in [2.05, 4.69) is 5.32 Å². The normalized spacial score (nSPS) is 12.0. The summed E-state index contributed by atoms with van der Waals surface area (Å²) >= 11 is 0. The lowest BCUT2D eigenvalue weighted by atomic mass is 10.0. The number of benzene rings is 1. The summed E-state index contributed by atoms with van der Waals surface area (Å²) < 4.78 is 12.2. The van der Waals surface area contributed by atoms with E-state index in [1.54, 1.807) is 13.8 Å². The number of fused-ring (bicyclic) bond motifs is 1. The van der Waals surface area contributed by atoms with Crippen molar-refractivity contribution in [2.75, 3.05) is 11.9 Å². The Morgan fingerprint density at radius 3 is 2.29 bits per heavy atom. The lowest BCUT2D eigenvalue weighted by Gasteiger charge is -2.22. The van der Waals surface area contributed by atoms with Crippen LogP contribution in [-0.2, 0) is 9.53 Å². The van der Waals surface area contributed by atoms with Crippen molar-refractivity contribution >= 4 is 34.4 Å². The van der Waals surface area contributed by atoms with E-state index in [0.29, 0.717) is 11.9 Å². The van der Waals surface area contributed by atoms with Crippen molar-refractivity contribution < 1.29 is 23.5 Å². The Balaban J connectivity index is 2.15. The van der Waals surface area contributed by atoms with E-state index in [-0.39, 0.29) is 40.7 Å². The average molecular weight is 467 g/mol. The number of anilines is 1. The summed E-state index contributed by atoms with van der Waals surface area (Å²) in [7, 11) is 0. The largest absolute Gasteiger partial charge is 0.462 e. The fraction of sp³-hybridized carbons (Fsp3) is 0.385. The Morgan fingerprint density at radius 1 is 1.03 bits per heavy atom. The molecule has 1 unspecified atom stereocenters. The van der Waals surface area contributed by atoms with E-state index in [4.69, 9.17) is 9.15 Å². The highest BCUT2D eigenvalue weighted by Gasteiger charge is 2.31. The number of aromatic nitrogens is 1. The number of carbonyl (C=O) groups excluding carboxylic acids is 3. The molecule has 3 rings (SSSR count). The van der Waals surface area contributed by atoms with Crippen molar-refractivity contribution in [2.45, 2.75) is 60.9 Å². The number of Topliss-reactive ketones (excluding diaryl/α,β-unsaturated/α-hetero) is 1. The smallest absolute Gasteiger partial charge is 0.344 e. The molecule has 0 spiro atoms. The first kappa shape index (κ1) is 25.0. The van der Waals surface area contributed by atoms with Gasteiger partial charge in [0.25, 0.3) is 5.56 Å². The molecular weight excluding hydrogens is 436 g/mol. The summed E-state index contributed by atoms with van der Waals surface area (Å²) in [5.74, 6) is -1.66. The van der Waals surface area contributed by atoms with Crippen LogP contribution >= 0.6 is 0 Å². The first-order chi connectivity index (χ1) is 16.0. The third-order valence-corrected chi connectivity index (χ3v) is 5.84. The summed E-state index contributed by atoms with van der Waals surface area (Å²) in [6, 6.07) is 4.60. The number of hydrogen-bond acceptors (Lipinski definition) is 6. The summed E-state index contributed by atoms with van der Waals surface area (Å²) in [5.41, 5.74) is 3.08. The van der Waals surface area contributed by atoms with Crippen LogP contribution < -0.4 is 10.9 Å². The van der Waals surface area contributed by atoms with Crippen LogP contribution in [0, 0.1) is 27.7 Å². The monoisotopic (exact) mass is 466 g/mol. The minimum absolute atomic E-state index is 0.0612. The molecular formula is C26H30N2O6. The molecule has 0 saturated carbocycles. The molecule has 1 atom stereocenters. The Hall–Kier alpha value is -3.68. The molecule has 2 heterocycles. The molecule has 1 N–H and O–H groups in total. The van der Waals surface area contributed by atoms with Crippen LogP contribution in [0.25, 0.3) is 10.9 Å². The van der Waals surface area contributed by atoms with E-state index >= 15 is 0 Å². The Morgan fingerprint density at radius 2 is 1.71 bits per heavy atom. The average Bonchev–Trinajstić information content (AvgIpc) is 3.07. The van der Waals surface area contributed by atoms with Gasteiger partial charge >= 0.3 is 5.97 Å². The molecule has 8 nitrogen and oxygen atoms in total. The SMILES string of the molecule is CCOC(=O)c1c(NC(=O)C(CC)n2c(=O)cc(C)c3cc(C)cc(C)c32)oc(C)c1C(C)=O. The fourth-order valence-corrected chi connectivity index (χ4v) is 4.47. The number of nitrogens with zero attached hydrogens (tertiary/aromatic N) is 1. The minimum atomic E-state index is -0.877. The molecule has 0 fully saturated rings. The van der Waals surface area contributed by atoms with Crippen LogP contribution in [0.4, 0.5) is 5.88 Å². The van der Waals surface area contributed by atoms with Crippen molar-refractivity contribution in [3.63, 3.8) is 0 Å². The molecule has 1 aromatic carbocycles. The highest BCUT2D eigenvalue weighted by Crippen LogP contribution is 2.31. The lowest BCUT2D eigenvalue weighted by molar-refractivity contribution is -0.119. The van der Waals surface area contributed by atoms with Gasteiger partial charge in [-0.1, -0.05) is 18.6 Å². The summed E-state index contributed by atoms with van der Waals surface area (Å²) in [5, 5.41) is 3.53.